The summed E-state index contributed by atoms with van der Waals surface area (Å²) in [5, 5.41) is 0.175. The molecular formula is C42H63NO3S2Si2. The standard InChI is InChI=1S/C42H63NO3S2Si2/c1-30(2)39-31(3)36(42(9,10)46-39)23-22-35-29-38-37(48-35)28-34(47-38)21-18-32-16-19-33(20-17-32)43(25-15-24-41(7,8)49(11,12)44)26-27-45-50(13,14)40(4,5)6/h16-23,28-29,44H,15,24-27H2,1-14H3/b21-18+,23-22+. The summed E-state index contributed by atoms with van der Waals surface area (Å²) in [5.74, 6) is 1.03. The Labute approximate surface area is 313 Å². The van der Waals surface area contributed by atoms with Crippen molar-refractivity contribution in [2.75, 3.05) is 24.6 Å². The summed E-state index contributed by atoms with van der Waals surface area (Å²) in [7, 11) is -4.06. The van der Waals surface area contributed by atoms with Crippen molar-refractivity contribution in [1.29, 1.82) is 0 Å². The van der Waals surface area contributed by atoms with E-state index in [1.807, 2.05) is 22.7 Å². The first kappa shape index (κ1) is 40.6. The summed E-state index contributed by atoms with van der Waals surface area (Å²) in [6, 6.07) is 13.6. The first-order chi connectivity index (χ1) is 23.0. The van der Waals surface area contributed by atoms with Crippen LogP contribution in [-0.4, -0.2) is 46.7 Å². The zero-order valence-electron chi connectivity index (χ0n) is 33.3. The minimum atomic E-state index is -2.24. The SMILES string of the molecule is CC(C)=C1OC(C)(C)C(/C=C/c2cc3sc(/C=C/c4ccc(N(CCCC(C)(C)[Si](C)(C)O)CCO[Si](C)(C)C(C)(C)C)cc4)cc3s2)=C1C. The van der Waals surface area contributed by atoms with E-state index in [-0.39, 0.29) is 15.7 Å². The third kappa shape index (κ3) is 9.81. The number of rotatable bonds is 14. The zero-order chi connectivity index (χ0) is 37.3. The Bertz CT molecular complexity index is 1690. The van der Waals surface area contributed by atoms with Gasteiger partial charge in [-0.1, -0.05) is 58.9 Å². The fourth-order valence-corrected chi connectivity index (χ4v) is 10.0. The second-order valence-electron chi connectivity index (χ2n) is 17.4. The molecule has 0 fully saturated rings. The number of ether oxygens (including phenoxy) is 1. The van der Waals surface area contributed by atoms with Gasteiger partial charge in [-0.05, 0) is 137 Å². The third-order valence-corrected chi connectivity index (χ3v) is 21.4. The number of hydrogen-bond acceptors (Lipinski definition) is 6. The van der Waals surface area contributed by atoms with E-state index in [9.17, 15) is 4.80 Å². The van der Waals surface area contributed by atoms with Gasteiger partial charge in [0.15, 0.2) is 16.6 Å². The van der Waals surface area contributed by atoms with Crippen molar-refractivity contribution in [3.05, 3.63) is 80.3 Å². The Morgan fingerprint density at radius 3 is 1.94 bits per heavy atom. The number of thiophene rings is 2. The zero-order valence-corrected chi connectivity index (χ0v) is 37.0. The fourth-order valence-electron chi connectivity index (χ4n) is 5.96. The molecule has 1 aliphatic rings. The topological polar surface area (TPSA) is 41.9 Å². The lowest BCUT2D eigenvalue weighted by molar-refractivity contribution is 0.0940. The Morgan fingerprint density at radius 2 is 1.44 bits per heavy atom. The predicted octanol–water partition coefficient (Wildman–Crippen LogP) is 13.2. The lowest BCUT2D eigenvalue weighted by Crippen LogP contribution is -2.43. The largest absolute Gasteiger partial charge is 0.483 e. The predicted molar refractivity (Wildman–Crippen MR) is 229 cm³/mol. The normalized spacial score (nSPS) is 16.0. The van der Waals surface area contributed by atoms with Gasteiger partial charge in [0.1, 0.15) is 11.4 Å². The van der Waals surface area contributed by atoms with Crippen LogP contribution in [0.1, 0.15) is 97.4 Å². The number of nitrogens with zero attached hydrogens (tertiary/aromatic N) is 1. The van der Waals surface area contributed by atoms with Crippen LogP contribution in [0.3, 0.4) is 0 Å². The molecule has 0 bridgehead atoms. The maximum absolute atomic E-state index is 10.8. The monoisotopic (exact) mass is 749 g/mol. The Morgan fingerprint density at radius 1 is 0.880 bits per heavy atom. The Kier molecular flexibility index (Phi) is 12.5. The fraction of sp³-hybridized carbons (Fsp3) is 0.524. The summed E-state index contributed by atoms with van der Waals surface area (Å²) in [6.07, 6.45) is 11.0. The summed E-state index contributed by atoms with van der Waals surface area (Å²) < 4.78 is 15.5. The van der Waals surface area contributed by atoms with Crippen LogP contribution < -0.4 is 4.90 Å². The van der Waals surface area contributed by atoms with Crippen molar-refractivity contribution in [3.63, 3.8) is 0 Å². The maximum atomic E-state index is 10.8. The number of benzene rings is 1. The summed E-state index contributed by atoms with van der Waals surface area (Å²) in [5.41, 5.74) is 5.82. The molecule has 8 heteroatoms. The van der Waals surface area contributed by atoms with Gasteiger partial charge in [-0.25, -0.2) is 0 Å². The van der Waals surface area contributed by atoms with Crippen LogP contribution in [0.2, 0.25) is 36.3 Å². The molecule has 1 N–H and O–H groups in total. The molecule has 0 amide bonds. The van der Waals surface area contributed by atoms with E-state index in [4.69, 9.17) is 9.16 Å². The van der Waals surface area contributed by atoms with Crippen LogP contribution in [0.25, 0.3) is 27.6 Å². The van der Waals surface area contributed by atoms with E-state index in [0.29, 0.717) is 0 Å². The minimum Gasteiger partial charge on any atom is -0.483 e. The van der Waals surface area contributed by atoms with Crippen molar-refractivity contribution in [2.24, 2.45) is 0 Å². The molecule has 50 heavy (non-hydrogen) atoms. The molecule has 3 heterocycles. The molecule has 0 saturated carbocycles. The highest BCUT2D eigenvalue weighted by Crippen LogP contribution is 2.42. The van der Waals surface area contributed by atoms with Gasteiger partial charge < -0.3 is 18.9 Å². The molecule has 0 atom stereocenters. The second-order valence-corrected chi connectivity index (χ2v) is 28.9. The smallest absolute Gasteiger partial charge is 0.192 e. The van der Waals surface area contributed by atoms with Gasteiger partial charge in [-0.15, -0.1) is 22.7 Å². The number of allylic oxidation sites excluding steroid dienone is 2. The highest BCUT2D eigenvalue weighted by Gasteiger charge is 2.38. The Balaban J connectivity index is 1.43. The highest BCUT2D eigenvalue weighted by molar-refractivity contribution is 7.28. The van der Waals surface area contributed by atoms with Crippen LogP contribution in [0.4, 0.5) is 5.69 Å². The molecule has 4 nitrogen and oxygen atoms in total. The summed E-state index contributed by atoms with van der Waals surface area (Å²) in [4.78, 5) is 15.8. The van der Waals surface area contributed by atoms with E-state index >= 15 is 0 Å². The molecule has 0 aliphatic carbocycles. The molecule has 1 aliphatic heterocycles. The quantitative estimate of drug-likeness (QED) is 0.167. The minimum absolute atomic E-state index is 0.0194. The van der Waals surface area contributed by atoms with Gasteiger partial charge in [0.2, 0.25) is 0 Å². The molecule has 0 spiro atoms. The van der Waals surface area contributed by atoms with E-state index in [1.165, 1.54) is 47.1 Å². The van der Waals surface area contributed by atoms with Crippen molar-refractivity contribution in [2.45, 2.75) is 124 Å². The van der Waals surface area contributed by atoms with Crippen molar-refractivity contribution in [3.8, 4) is 0 Å². The first-order valence-corrected chi connectivity index (χ1v) is 25.7. The molecular weight excluding hydrogens is 687 g/mol. The van der Waals surface area contributed by atoms with Gasteiger partial charge in [-0.2, -0.15) is 0 Å². The highest BCUT2D eigenvalue weighted by atomic mass is 32.1. The van der Waals surface area contributed by atoms with Crippen LogP contribution in [0, 0.1) is 0 Å². The molecule has 0 radical (unpaired) electrons. The van der Waals surface area contributed by atoms with Crippen LogP contribution in [0.15, 0.2) is 65.0 Å². The average molecular weight is 750 g/mol. The molecule has 0 saturated heterocycles. The molecule has 3 aromatic rings. The van der Waals surface area contributed by atoms with Crippen molar-refractivity contribution >= 4 is 72.6 Å². The third-order valence-electron chi connectivity index (χ3n) is 11.1. The lowest BCUT2D eigenvalue weighted by atomic mass is 9.95. The Hall–Kier alpha value is -2.21. The van der Waals surface area contributed by atoms with E-state index in [1.54, 1.807) is 0 Å². The molecule has 2 aromatic heterocycles. The molecule has 1 aromatic carbocycles. The molecule has 0 unspecified atom stereocenters. The van der Waals surface area contributed by atoms with Crippen LogP contribution in [-0.2, 0) is 9.16 Å². The van der Waals surface area contributed by atoms with Gasteiger partial charge >= 0.3 is 0 Å². The van der Waals surface area contributed by atoms with Crippen LogP contribution in [0.5, 0.6) is 0 Å². The van der Waals surface area contributed by atoms with Gasteiger partial charge in [0.25, 0.3) is 0 Å². The lowest BCUT2D eigenvalue weighted by Gasteiger charge is -2.38. The van der Waals surface area contributed by atoms with Gasteiger partial charge in [0, 0.05) is 43.5 Å². The average Bonchev–Trinajstić information content (AvgIpc) is 3.62. The summed E-state index contributed by atoms with van der Waals surface area (Å²) >= 11 is 3.69. The number of hydrogen-bond donors (Lipinski definition) is 1. The molecule has 4 rings (SSSR count). The van der Waals surface area contributed by atoms with Crippen LogP contribution >= 0.6 is 22.7 Å². The van der Waals surface area contributed by atoms with Crippen molar-refractivity contribution < 1.29 is 14.0 Å². The van der Waals surface area contributed by atoms with E-state index < -0.39 is 16.6 Å². The van der Waals surface area contributed by atoms with Crippen molar-refractivity contribution in [1.82, 2.24) is 0 Å². The first-order valence-electron chi connectivity index (χ1n) is 18.2. The number of anilines is 1. The summed E-state index contributed by atoms with van der Waals surface area (Å²) in [6.45, 7) is 33.4. The second kappa shape index (κ2) is 15.4. The van der Waals surface area contributed by atoms with E-state index in [0.717, 1.165) is 38.3 Å². The van der Waals surface area contributed by atoms with E-state index in [2.05, 4.69) is 161 Å². The van der Waals surface area contributed by atoms with Gasteiger partial charge in [0.05, 0.1) is 6.61 Å². The number of fused-ring (bicyclic) bond motifs is 1. The molecule has 274 valence electrons. The van der Waals surface area contributed by atoms with Gasteiger partial charge in [-0.3, -0.25) is 0 Å². The maximum Gasteiger partial charge on any atom is 0.192 e.